The normalized spacial score (nSPS) is 12.0. The summed E-state index contributed by atoms with van der Waals surface area (Å²) < 4.78 is 14.3. The van der Waals surface area contributed by atoms with Crippen molar-refractivity contribution >= 4 is 86.3 Å². The zero-order valence-electron chi connectivity index (χ0n) is 32.2. The van der Waals surface area contributed by atoms with E-state index in [4.69, 9.17) is 9.40 Å². The maximum atomic E-state index is 7.01. The molecule has 280 valence electrons. The van der Waals surface area contributed by atoms with Gasteiger partial charge in [0.2, 0.25) is 0 Å². The van der Waals surface area contributed by atoms with Gasteiger partial charge in [0, 0.05) is 60.0 Å². The molecule has 0 saturated carbocycles. The highest BCUT2D eigenvalue weighted by Crippen LogP contribution is 2.45. The molecule has 60 heavy (non-hydrogen) atoms. The summed E-state index contributed by atoms with van der Waals surface area (Å²) in [5.41, 5.74) is 13.7. The molecule has 0 spiro atoms. The Hall–Kier alpha value is -7.73. The smallest absolute Gasteiger partial charge is 0.146 e. The number of furan rings is 1. The Morgan fingerprint density at radius 3 is 1.87 bits per heavy atom. The van der Waals surface area contributed by atoms with Crippen LogP contribution < -0.4 is 0 Å². The first-order valence-electron chi connectivity index (χ1n) is 20.3. The summed E-state index contributed by atoms with van der Waals surface area (Å²) in [6, 6.07) is 71.6. The molecule has 9 aromatic carbocycles. The summed E-state index contributed by atoms with van der Waals surface area (Å²) >= 11 is 1.87. The average Bonchev–Trinajstić information content (AvgIpc) is 4.08. The predicted molar refractivity (Wildman–Crippen MR) is 252 cm³/mol. The molecule has 0 fully saturated rings. The Kier molecular flexibility index (Phi) is 7.14. The number of rotatable bonds is 5. The van der Waals surface area contributed by atoms with Crippen LogP contribution in [0.1, 0.15) is 0 Å². The maximum Gasteiger partial charge on any atom is 0.146 e. The number of imidazole rings is 1. The molecule has 0 N–H and O–H groups in total. The number of nitrogens with zero attached hydrogens (tertiary/aromatic N) is 3. The molecule has 0 saturated heterocycles. The fourth-order valence-electron chi connectivity index (χ4n) is 9.41. The standard InChI is InChI=1S/C55H33N3OS/c1-3-13-34(14-4-1)36-23-25-38(26-24-36)58-48-21-11-9-19-46(48)56-55(58)45-31-37(35-15-5-2-6-16-35)32-50-52(45)44-28-27-39(33-49(44)59-50)57-47-20-10-7-17-40(47)42-29-30-43-41-18-8-12-22-51(41)60-54(43)53(42)57/h1-33H. The summed E-state index contributed by atoms with van der Waals surface area (Å²) in [6.45, 7) is 0. The predicted octanol–water partition coefficient (Wildman–Crippen LogP) is 15.4. The summed E-state index contributed by atoms with van der Waals surface area (Å²) in [7, 11) is 0. The van der Waals surface area contributed by atoms with E-state index in [9.17, 15) is 0 Å². The molecular weight excluding hydrogens is 751 g/mol. The quantitative estimate of drug-likeness (QED) is 0.174. The van der Waals surface area contributed by atoms with Crippen LogP contribution in [0.5, 0.6) is 0 Å². The minimum absolute atomic E-state index is 0.825. The van der Waals surface area contributed by atoms with Crippen LogP contribution in [0.4, 0.5) is 0 Å². The van der Waals surface area contributed by atoms with E-state index >= 15 is 0 Å². The average molecular weight is 784 g/mol. The van der Waals surface area contributed by atoms with E-state index in [0.29, 0.717) is 0 Å². The Bertz CT molecular complexity index is 3810. The Balaban J connectivity index is 1.07. The number of para-hydroxylation sites is 3. The van der Waals surface area contributed by atoms with Crippen LogP contribution in [0, 0.1) is 0 Å². The molecule has 0 atom stereocenters. The van der Waals surface area contributed by atoms with Gasteiger partial charge in [-0.25, -0.2) is 4.98 Å². The molecule has 0 aliphatic rings. The van der Waals surface area contributed by atoms with Crippen LogP contribution in [0.3, 0.4) is 0 Å². The van der Waals surface area contributed by atoms with Gasteiger partial charge in [0.15, 0.2) is 0 Å². The third kappa shape index (κ3) is 4.93. The first-order valence-corrected chi connectivity index (χ1v) is 21.1. The van der Waals surface area contributed by atoms with Gasteiger partial charge in [-0.2, -0.15) is 0 Å². The highest BCUT2D eigenvalue weighted by atomic mass is 32.1. The van der Waals surface area contributed by atoms with E-state index in [0.717, 1.165) is 66.9 Å². The third-order valence-electron chi connectivity index (χ3n) is 12.1. The van der Waals surface area contributed by atoms with E-state index in [1.807, 2.05) is 11.3 Å². The number of benzene rings is 9. The van der Waals surface area contributed by atoms with Crippen LogP contribution in [-0.4, -0.2) is 14.1 Å². The second kappa shape index (κ2) is 12.9. The molecule has 13 rings (SSSR count). The van der Waals surface area contributed by atoms with Crippen molar-refractivity contribution in [2.24, 2.45) is 0 Å². The molecule has 5 heteroatoms. The summed E-state index contributed by atoms with van der Waals surface area (Å²) in [4.78, 5) is 5.40. The zero-order valence-corrected chi connectivity index (χ0v) is 33.0. The second-order valence-electron chi connectivity index (χ2n) is 15.5. The van der Waals surface area contributed by atoms with Crippen molar-refractivity contribution in [1.82, 2.24) is 14.1 Å². The van der Waals surface area contributed by atoms with Crippen molar-refractivity contribution < 1.29 is 4.42 Å². The molecule has 4 nitrogen and oxygen atoms in total. The van der Waals surface area contributed by atoms with Crippen molar-refractivity contribution in [3.63, 3.8) is 0 Å². The van der Waals surface area contributed by atoms with E-state index in [1.54, 1.807) is 0 Å². The van der Waals surface area contributed by atoms with E-state index in [-0.39, 0.29) is 0 Å². The van der Waals surface area contributed by atoms with Crippen molar-refractivity contribution in [2.75, 3.05) is 0 Å². The van der Waals surface area contributed by atoms with Crippen LogP contribution >= 0.6 is 11.3 Å². The molecule has 0 bridgehead atoms. The molecule has 4 aromatic heterocycles. The first kappa shape index (κ1) is 33.3. The van der Waals surface area contributed by atoms with Gasteiger partial charge in [0.25, 0.3) is 0 Å². The van der Waals surface area contributed by atoms with Crippen molar-refractivity contribution in [1.29, 1.82) is 0 Å². The van der Waals surface area contributed by atoms with Crippen LogP contribution in [0.15, 0.2) is 205 Å². The molecule has 0 amide bonds. The summed E-state index contributed by atoms with van der Waals surface area (Å²) in [6.07, 6.45) is 0. The van der Waals surface area contributed by atoms with Gasteiger partial charge in [0.05, 0.1) is 26.8 Å². The fourth-order valence-corrected chi connectivity index (χ4v) is 10.6. The maximum absolute atomic E-state index is 7.01. The largest absolute Gasteiger partial charge is 0.456 e. The van der Waals surface area contributed by atoms with Gasteiger partial charge < -0.3 is 8.98 Å². The Morgan fingerprint density at radius 1 is 0.417 bits per heavy atom. The summed E-state index contributed by atoms with van der Waals surface area (Å²) in [5, 5.41) is 7.16. The summed E-state index contributed by atoms with van der Waals surface area (Å²) in [5.74, 6) is 0.868. The highest BCUT2D eigenvalue weighted by molar-refractivity contribution is 7.26. The van der Waals surface area contributed by atoms with E-state index in [2.05, 4.69) is 209 Å². The number of hydrogen-bond acceptors (Lipinski definition) is 3. The first-order chi connectivity index (χ1) is 29.7. The lowest BCUT2D eigenvalue weighted by atomic mass is 9.98. The van der Waals surface area contributed by atoms with Crippen LogP contribution in [0.2, 0.25) is 0 Å². The van der Waals surface area contributed by atoms with Crippen molar-refractivity contribution in [3.05, 3.63) is 200 Å². The number of hydrogen-bond donors (Lipinski definition) is 0. The van der Waals surface area contributed by atoms with Crippen molar-refractivity contribution in [2.45, 2.75) is 0 Å². The van der Waals surface area contributed by atoms with Gasteiger partial charge in [0.1, 0.15) is 17.0 Å². The van der Waals surface area contributed by atoms with E-state index in [1.165, 1.54) is 53.1 Å². The van der Waals surface area contributed by atoms with Gasteiger partial charge in [-0.1, -0.05) is 133 Å². The highest BCUT2D eigenvalue weighted by Gasteiger charge is 2.23. The minimum Gasteiger partial charge on any atom is -0.456 e. The molecule has 0 radical (unpaired) electrons. The molecular formula is C55H33N3OS. The topological polar surface area (TPSA) is 35.9 Å². The van der Waals surface area contributed by atoms with Crippen LogP contribution in [-0.2, 0) is 0 Å². The Morgan fingerprint density at radius 2 is 1.05 bits per heavy atom. The number of fused-ring (bicyclic) bond motifs is 11. The van der Waals surface area contributed by atoms with Gasteiger partial charge in [-0.15, -0.1) is 11.3 Å². The SMILES string of the molecule is c1ccc(-c2ccc(-n3c(-c4cc(-c5ccccc5)cc5oc6cc(-n7c8ccccc8c8ccc9c%10ccccc%10sc9c87)ccc6c45)nc4ccccc43)cc2)cc1. The van der Waals surface area contributed by atoms with Crippen LogP contribution in [0.25, 0.3) is 120 Å². The van der Waals surface area contributed by atoms with Gasteiger partial charge >= 0.3 is 0 Å². The molecule has 4 heterocycles. The zero-order chi connectivity index (χ0) is 39.3. The third-order valence-corrected chi connectivity index (χ3v) is 13.3. The Labute approximate surface area is 348 Å². The van der Waals surface area contributed by atoms with E-state index < -0.39 is 0 Å². The number of aromatic nitrogens is 3. The van der Waals surface area contributed by atoms with Gasteiger partial charge in [-0.05, 0) is 82.9 Å². The second-order valence-corrected chi connectivity index (χ2v) is 16.6. The van der Waals surface area contributed by atoms with Crippen molar-refractivity contribution in [3.8, 4) is 45.0 Å². The lowest BCUT2D eigenvalue weighted by Gasteiger charge is -2.13. The molecule has 0 unspecified atom stereocenters. The monoisotopic (exact) mass is 783 g/mol. The fraction of sp³-hybridized carbons (Fsp3) is 0. The lowest BCUT2D eigenvalue weighted by Crippen LogP contribution is -1.98. The lowest BCUT2D eigenvalue weighted by molar-refractivity contribution is 0.669. The van der Waals surface area contributed by atoms with Gasteiger partial charge in [-0.3, -0.25) is 4.57 Å². The number of thiophene rings is 1. The molecule has 0 aliphatic heterocycles. The molecule has 0 aliphatic carbocycles. The molecule has 13 aromatic rings. The minimum atomic E-state index is 0.825.